The van der Waals surface area contributed by atoms with Gasteiger partial charge in [-0.1, -0.05) is 63.8 Å². The van der Waals surface area contributed by atoms with Gasteiger partial charge in [-0.2, -0.15) is 0 Å². The summed E-state index contributed by atoms with van der Waals surface area (Å²) in [6, 6.07) is 15.2. The maximum Gasteiger partial charge on any atom is 0.305 e. The van der Waals surface area contributed by atoms with Gasteiger partial charge < -0.3 is 4.74 Å². The Hall–Kier alpha value is -3.21. The van der Waals surface area contributed by atoms with Gasteiger partial charge in [0.2, 0.25) is 0 Å². The lowest BCUT2D eigenvalue weighted by Crippen LogP contribution is -2.41. The molecule has 3 aromatic rings. The van der Waals surface area contributed by atoms with Gasteiger partial charge in [-0.3, -0.25) is 19.3 Å². The van der Waals surface area contributed by atoms with Gasteiger partial charge in [-0.15, -0.1) is 0 Å². The fourth-order valence-electron chi connectivity index (χ4n) is 4.71. The number of benzene rings is 3. The fraction of sp³-hybridized carbons (Fsp3) is 0.414. The van der Waals surface area contributed by atoms with Crippen LogP contribution in [0, 0.1) is 5.92 Å². The van der Waals surface area contributed by atoms with Crippen LogP contribution >= 0.6 is 0 Å². The Morgan fingerprint density at radius 3 is 2.00 bits per heavy atom. The molecule has 0 saturated heterocycles. The van der Waals surface area contributed by atoms with Gasteiger partial charge in [0.15, 0.2) is 0 Å². The monoisotopic (exact) mass is 459 g/mol. The smallest absolute Gasteiger partial charge is 0.305 e. The quantitative estimate of drug-likeness (QED) is 0.150. The molecular weight excluding hydrogens is 426 g/mol. The largest absolute Gasteiger partial charge is 0.463 e. The predicted molar refractivity (Wildman–Crippen MR) is 135 cm³/mol. The van der Waals surface area contributed by atoms with E-state index < -0.39 is 6.04 Å². The molecule has 1 aliphatic heterocycles. The fourth-order valence-corrected chi connectivity index (χ4v) is 4.71. The van der Waals surface area contributed by atoms with Gasteiger partial charge in [0.1, 0.15) is 6.61 Å². The first kappa shape index (κ1) is 23.9. The molecule has 0 aromatic heterocycles. The summed E-state index contributed by atoms with van der Waals surface area (Å²) < 4.78 is 5.43. The summed E-state index contributed by atoms with van der Waals surface area (Å²) in [5, 5.41) is 4.02. The molecule has 1 aliphatic rings. The second-order valence-electron chi connectivity index (χ2n) is 9.60. The van der Waals surface area contributed by atoms with Crippen molar-refractivity contribution in [3.8, 4) is 0 Å². The zero-order valence-electron chi connectivity index (χ0n) is 20.3. The van der Waals surface area contributed by atoms with Gasteiger partial charge in [0.25, 0.3) is 11.8 Å². The van der Waals surface area contributed by atoms with Crippen LogP contribution < -0.4 is 0 Å². The number of nitrogens with zero attached hydrogens (tertiary/aromatic N) is 1. The number of fused-ring (bicyclic) bond motifs is 3. The van der Waals surface area contributed by atoms with E-state index in [-0.39, 0.29) is 24.4 Å². The topological polar surface area (TPSA) is 63.7 Å². The highest BCUT2D eigenvalue weighted by Crippen LogP contribution is 2.31. The average Bonchev–Trinajstić information content (AvgIpc) is 3.07. The Kier molecular flexibility index (Phi) is 7.30. The first-order valence-electron chi connectivity index (χ1n) is 12.4. The van der Waals surface area contributed by atoms with E-state index in [1.54, 1.807) is 19.1 Å². The molecule has 0 unspecified atom stereocenters. The van der Waals surface area contributed by atoms with Crippen molar-refractivity contribution in [2.75, 3.05) is 6.61 Å². The van der Waals surface area contributed by atoms with E-state index in [1.165, 1.54) is 24.2 Å². The number of rotatable bonds is 10. The van der Waals surface area contributed by atoms with Crippen LogP contribution in [0.2, 0.25) is 0 Å². The van der Waals surface area contributed by atoms with E-state index >= 15 is 0 Å². The molecule has 0 saturated carbocycles. The second kappa shape index (κ2) is 10.4. The molecule has 0 aliphatic carbocycles. The Labute approximate surface area is 201 Å². The Balaban J connectivity index is 1.40. The van der Waals surface area contributed by atoms with Crippen LogP contribution in [-0.4, -0.2) is 35.3 Å². The van der Waals surface area contributed by atoms with Crippen molar-refractivity contribution in [1.29, 1.82) is 0 Å². The number of esters is 1. The molecule has 0 spiro atoms. The zero-order chi connectivity index (χ0) is 24.2. The summed E-state index contributed by atoms with van der Waals surface area (Å²) in [4.78, 5) is 39.7. The number of carbonyl (C=O) groups is 3. The molecule has 5 heteroatoms. The van der Waals surface area contributed by atoms with E-state index in [2.05, 4.69) is 13.8 Å². The maximum absolute atomic E-state index is 13.1. The zero-order valence-corrected chi connectivity index (χ0v) is 20.3. The molecular formula is C29H33NO4. The number of amides is 2. The van der Waals surface area contributed by atoms with E-state index in [9.17, 15) is 14.4 Å². The van der Waals surface area contributed by atoms with Crippen LogP contribution in [0.1, 0.15) is 80.0 Å². The number of unbranched alkanes of at least 4 members (excludes halogenated alkanes) is 2. The standard InChI is InChI=1S/C29H33NO4/c1-4-5-6-9-19(2)12-13-27(31)34-18-20(3)30-28(32)25-16-23-14-21-10-7-8-11-22(21)15-24(23)17-26(25)29(30)33/h7-8,10-11,14-17,19-20H,4-6,9,12-13,18H2,1-3H3/t19-,20-/m0/s1. The molecule has 1 heterocycles. The highest BCUT2D eigenvalue weighted by molar-refractivity contribution is 6.23. The number of ether oxygens (including phenoxy) is 1. The first-order valence-corrected chi connectivity index (χ1v) is 12.4. The SMILES string of the molecule is CCCCC[C@H](C)CCC(=O)OC[C@H](C)N1C(=O)c2cc3cc4ccccc4cc3cc2C1=O. The number of imide groups is 1. The lowest BCUT2D eigenvalue weighted by Gasteiger charge is -2.22. The second-order valence-corrected chi connectivity index (χ2v) is 9.60. The minimum Gasteiger partial charge on any atom is -0.463 e. The molecule has 2 amide bonds. The molecule has 0 bridgehead atoms. The van der Waals surface area contributed by atoms with Crippen LogP contribution in [0.4, 0.5) is 0 Å². The summed E-state index contributed by atoms with van der Waals surface area (Å²) in [6.45, 7) is 6.10. The summed E-state index contributed by atoms with van der Waals surface area (Å²) in [6.07, 6.45) is 5.88. The average molecular weight is 460 g/mol. The molecule has 0 radical (unpaired) electrons. The Bertz CT molecular complexity index is 1160. The van der Waals surface area contributed by atoms with Crippen molar-refractivity contribution in [2.45, 2.75) is 65.3 Å². The van der Waals surface area contributed by atoms with E-state index in [4.69, 9.17) is 4.74 Å². The maximum atomic E-state index is 13.1. The minimum absolute atomic E-state index is 0.0118. The summed E-state index contributed by atoms with van der Waals surface area (Å²) in [5.41, 5.74) is 0.818. The van der Waals surface area contributed by atoms with Gasteiger partial charge >= 0.3 is 5.97 Å². The number of hydrogen-bond donors (Lipinski definition) is 0. The molecule has 0 N–H and O–H groups in total. The van der Waals surface area contributed by atoms with Gasteiger partial charge in [-0.05, 0) is 65.1 Å². The van der Waals surface area contributed by atoms with E-state index in [1.807, 2.05) is 36.4 Å². The first-order chi connectivity index (χ1) is 16.4. The molecule has 178 valence electrons. The Morgan fingerprint density at radius 2 is 1.44 bits per heavy atom. The molecule has 34 heavy (non-hydrogen) atoms. The van der Waals surface area contributed by atoms with Crippen molar-refractivity contribution < 1.29 is 19.1 Å². The summed E-state index contributed by atoms with van der Waals surface area (Å²) in [7, 11) is 0. The van der Waals surface area contributed by atoms with Crippen molar-refractivity contribution >= 4 is 39.3 Å². The molecule has 2 atom stereocenters. The third kappa shape index (κ3) is 4.98. The third-order valence-corrected chi connectivity index (χ3v) is 6.81. The minimum atomic E-state index is -0.527. The molecule has 5 nitrogen and oxygen atoms in total. The van der Waals surface area contributed by atoms with Crippen molar-refractivity contribution in [3.05, 3.63) is 59.7 Å². The Morgan fingerprint density at radius 1 is 0.853 bits per heavy atom. The molecule has 0 fully saturated rings. The highest BCUT2D eigenvalue weighted by Gasteiger charge is 2.39. The van der Waals surface area contributed by atoms with Crippen LogP contribution in [0.15, 0.2) is 48.5 Å². The number of hydrogen-bond acceptors (Lipinski definition) is 4. The van der Waals surface area contributed by atoms with E-state index in [0.717, 1.165) is 34.4 Å². The van der Waals surface area contributed by atoms with Gasteiger partial charge in [-0.25, -0.2) is 0 Å². The molecule has 4 rings (SSSR count). The predicted octanol–water partition coefficient (Wildman–Crippen LogP) is 6.52. The third-order valence-electron chi connectivity index (χ3n) is 6.81. The van der Waals surface area contributed by atoms with Crippen molar-refractivity contribution in [3.63, 3.8) is 0 Å². The van der Waals surface area contributed by atoms with E-state index in [0.29, 0.717) is 23.5 Å². The highest BCUT2D eigenvalue weighted by atomic mass is 16.5. The number of carbonyl (C=O) groups excluding carboxylic acids is 3. The van der Waals surface area contributed by atoms with Crippen LogP contribution in [0.5, 0.6) is 0 Å². The normalized spacial score (nSPS) is 15.1. The lowest BCUT2D eigenvalue weighted by molar-refractivity contribution is -0.145. The summed E-state index contributed by atoms with van der Waals surface area (Å²) in [5.74, 6) is -0.451. The van der Waals surface area contributed by atoms with Gasteiger partial charge in [0, 0.05) is 6.42 Å². The van der Waals surface area contributed by atoms with Crippen molar-refractivity contribution in [2.24, 2.45) is 5.92 Å². The van der Waals surface area contributed by atoms with Gasteiger partial charge in [0.05, 0.1) is 17.2 Å². The van der Waals surface area contributed by atoms with Crippen LogP contribution in [0.25, 0.3) is 21.5 Å². The summed E-state index contributed by atoms with van der Waals surface area (Å²) >= 11 is 0. The van der Waals surface area contributed by atoms with Crippen LogP contribution in [-0.2, 0) is 9.53 Å². The van der Waals surface area contributed by atoms with Crippen molar-refractivity contribution in [1.82, 2.24) is 4.90 Å². The van der Waals surface area contributed by atoms with Crippen LogP contribution in [0.3, 0.4) is 0 Å². The lowest BCUT2D eigenvalue weighted by atomic mass is 9.98. The molecule has 3 aromatic carbocycles.